The molecule has 1 aromatic rings. The maximum Gasteiger partial charge on any atom is 0.154 e. The van der Waals surface area contributed by atoms with Crippen molar-refractivity contribution in [1.82, 2.24) is 0 Å². The Morgan fingerprint density at radius 3 is 2.57 bits per heavy atom. The van der Waals surface area contributed by atoms with Crippen LogP contribution in [0.15, 0.2) is 36.0 Å². The first-order valence-electron chi connectivity index (χ1n) is 4.30. The third-order valence-corrected chi connectivity index (χ3v) is 1.96. The van der Waals surface area contributed by atoms with Crippen LogP contribution in [0, 0.1) is 0 Å². The summed E-state index contributed by atoms with van der Waals surface area (Å²) in [4.78, 5) is 10.8. The van der Waals surface area contributed by atoms with Gasteiger partial charge in [0.25, 0.3) is 0 Å². The average Bonchev–Trinajstić information content (AvgIpc) is 2.07. The molecule has 0 fully saturated rings. The molecule has 0 aliphatic heterocycles. The minimum atomic E-state index is 0.0158. The Morgan fingerprint density at radius 1 is 1.36 bits per heavy atom. The molecule has 0 spiro atoms. The number of para-hydroxylation sites is 1. The van der Waals surface area contributed by atoms with Crippen molar-refractivity contribution >= 4 is 23.1 Å². The average molecular weight is 210 g/mol. The number of carbonyl (C=O) groups is 1. The highest BCUT2D eigenvalue weighted by Gasteiger charge is 1.98. The van der Waals surface area contributed by atoms with Gasteiger partial charge in [-0.2, -0.15) is 0 Å². The molecule has 2 nitrogen and oxygen atoms in total. The first kappa shape index (κ1) is 10.8. The summed E-state index contributed by atoms with van der Waals surface area (Å²) in [6.45, 7) is 3.34. The molecule has 0 saturated heterocycles. The van der Waals surface area contributed by atoms with Crippen LogP contribution in [0.2, 0.25) is 5.02 Å². The highest BCUT2D eigenvalue weighted by atomic mass is 35.5. The van der Waals surface area contributed by atoms with E-state index in [4.69, 9.17) is 11.6 Å². The number of rotatable bonds is 3. The molecule has 0 bridgehead atoms. The van der Waals surface area contributed by atoms with E-state index >= 15 is 0 Å². The standard InChI is InChI=1S/C11H12ClNO/c1-8(7-9(2)14)13-11-6-4-3-5-10(11)12/h3-7,13H,1-2H3. The third kappa shape index (κ3) is 3.23. The van der Waals surface area contributed by atoms with E-state index in [-0.39, 0.29) is 5.78 Å². The van der Waals surface area contributed by atoms with Gasteiger partial charge in [0, 0.05) is 5.70 Å². The fourth-order valence-corrected chi connectivity index (χ4v) is 1.30. The molecule has 0 saturated carbocycles. The molecule has 0 unspecified atom stereocenters. The molecular formula is C11H12ClNO. The summed E-state index contributed by atoms with van der Waals surface area (Å²) in [5, 5.41) is 3.69. The van der Waals surface area contributed by atoms with Gasteiger partial charge in [-0.25, -0.2) is 0 Å². The molecule has 0 aliphatic carbocycles. The zero-order chi connectivity index (χ0) is 10.6. The van der Waals surface area contributed by atoms with E-state index in [9.17, 15) is 4.79 Å². The summed E-state index contributed by atoms with van der Waals surface area (Å²) in [6, 6.07) is 7.40. The maximum absolute atomic E-state index is 10.8. The van der Waals surface area contributed by atoms with Crippen LogP contribution in [0.5, 0.6) is 0 Å². The van der Waals surface area contributed by atoms with Gasteiger partial charge in [0.2, 0.25) is 0 Å². The summed E-state index contributed by atoms with van der Waals surface area (Å²) in [5.41, 5.74) is 1.59. The van der Waals surface area contributed by atoms with E-state index < -0.39 is 0 Å². The Labute approximate surface area is 88.6 Å². The van der Waals surface area contributed by atoms with Crippen LogP contribution in [0.25, 0.3) is 0 Å². The third-order valence-electron chi connectivity index (χ3n) is 1.63. The highest BCUT2D eigenvalue weighted by molar-refractivity contribution is 6.33. The van der Waals surface area contributed by atoms with Crippen LogP contribution in [-0.2, 0) is 4.79 Å². The first-order chi connectivity index (χ1) is 6.59. The van der Waals surface area contributed by atoms with Crippen molar-refractivity contribution in [3.8, 4) is 0 Å². The SMILES string of the molecule is CC(=O)C=C(C)Nc1ccccc1Cl. The predicted octanol–water partition coefficient (Wildman–Crippen LogP) is 3.24. The number of ketones is 1. The molecule has 0 heterocycles. The van der Waals surface area contributed by atoms with Gasteiger partial charge in [-0.15, -0.1) is 0 Å². The number of benzene rings is 1. The lowest BCUT2D eigenvalue weighted by Crippen LogP contribution is -1.98. The first-order valence-corrected chi connectivity index (χ1v) is 4.68. The normalized spacial score (nSPS) is 11.2. The predicted molar refractivity (Wildman–Crippen MR) is 59.5 cm³/mol. The Balaban J connectivity index is 2.79. The number of hydrogen-bond donors (Lipinski definition) is 1. The second-order valence-electron chi connectivity index (χ2n) is 3.04. The van der Waals surface area contributed by atoms with E-state index in [0.717, 1.165) is 11.4 Å². The van der Waals surface area contributed by atoms with Crippen molar-refractivity contribution in [1.29, 1.82) is 0 Å². The molecular weight excluding hydrogens is 198 g/mol. The van der Waals surface area contributed by atoms with Gasteiger partial charge in [0.15, 0.2) is 5.78 Å². The largest absolute Gasteiger partial charge is 0.358 e. The zero-order valence-electron chi connectivity index (χ0n) is 8.17. The lowest BCUT2D eigenvalue weighted by atomic mass is 10.3. The Hall–Kier alpha value is -1.28. The van der Waals surface area contributed by atoms with E-state index in [0.29, 0.717) is 5.02 Å². The molecule has 0 radical (unpaired) electrons. The van der Waals surface area contributed by atoms with Crippen molar-refractivity contribution in [2.75, 3.05) is 5.32 Å². The molecule has 0 aliphatic rings. The van der Waals surface area contributed by atoms with Crippen molar-refractivity contribution in [3.05, 3.63) is 41.1 Å². The summed E-state index contributed by atoms with van der Waals surface area (Å²) >= 11 is 5.93. The van der Waals surface area contributed by atoms with Crippen LogP contribution in [0.1, 0.15) is 13.8 Å². The quantitative estimate of drug-likeness (QED) is 0.775. The molecule has 14 heavy (non-hydrogen) atoms. The van der Waals surface area contributed by atoms with E-state index in [1.165, 1.54) is 13.0 Å². The lowest BCUT2D eigenvalue weighted by molar-refractivity contribution is -0.112. The van der Waals surface area contributed by atoms with Crippen molar-refractivity contribution < 1.29 is 4.79 Å². The van der Waals surface area contributed by atoms with Gasteiger partial charge >= 0.3 is 0 Å². The molecule has 74 valence electrons. The maximum atomic E-state index is 10.8. The summed E-state index contributed by atoms with van der Waals surface area (Å²) in [5.74, 6) is 0.0158. The smallest absolute Gasteiger partial charge is 0.154 e. The summed E-state index contributed by atoms with van der Waals surface area (Å²) < 4.78 is 0. The van der Waals surface area contributed by atoms with E-state index in [2.05, 4.69) is 5.32 Å². The Kier molecular flexibility index (Phi) is 3.72. The van der Waals surface area contributed by atoms with Crippen LogP contribution < -0.4 is 5.32 Å². The van der Waals surface area contributed by atoms with Gasteiger partial charge in [0.1, 0.15) is 0 Å². The summed E-state index contributed by atoms with van der Waals surface area (Å²) in [6.07, 6.45) is 1.53. The van der Waals surface area contributed by atoms with Gasteiger partial charge in [-0.3, -0.25) is 4.79 Å². The Bertz CT molecular complexity index is 371. The minimum absolute atomic E-state index is 0.0158. The van der Waals surface area contributed by atoms with E-state index in [1.54, 1.807) is 6.07 Å². The minimum Gasteiger partial charge on any atom is -0.358 e. The van der Waals surface area contributed by atoms with E-state index in [1.807, 2.05) is 25.1 Å². The number of nitrogens with one attached hydrogen (secondary N) is 1. The van der Waals surface area contributed by atoms with Crippen molar-refractivity contribution in [3.63, 3.8) is 0 Å². The lowest BCUT2D eigenvalue weighted by Gasteiger charge is -2.07. The van der Waals surface area contributed by atoms with Gasteiger partial charge < -0.3 is 5.32 Å². The molecule has 1 rings (SSSR count). The second kappa shape index (κ2) is 4.82. The second-order valence-corrected chi connectivity index (χ2v) is 3.45. The molecule has 0 amide bonds. The van der Waals surface area contributed by atoms with Crippen LogP contribution in [0.3, 0.4) is 0 Å². The molecule has 0 aromatic heterocycles. The van der Waals surface area contributed by atoms with Gasteiger partial charge in [-0.05, 0) is 32.1 Å². The number of anilines is 1. The van der Waals surface area contributed by atoms with Gasteiger partial charge in [0.05, 0.1) is 10.7 Å². The van der Waals surface area contributed by atoms with Crippen LogP contribution in [-0.4, -0.2) is 5.78 Å². The van der Waals surface area contributed by atoms with Crippen molar-refractivity contribution in [2.45, 2.75) is 13.8 Å². The number of carbonyl (C=O) groups excluding carboxylic acids is 1. The highest BCUT2D eigenvalue weighted by Crippen LogP contribution is 2.21. The van der Waals surface area contributed by atoms with Crippen molar-refractivity contribution in [2.24, 2.45) is 0 Å². The zero-order valence-corrected chi connectivity index (χ0v) is 8.93. The van der Waals surface area contributed by atoms with Crippen LogP contribution >= 0.6 is 11.6 Å². The monoisotopic (exact) mass is 209 g/mol. The summed E-state index contributed by atoms with van der Waals surface area (Å²) in [7, 11) is 0. The molecule has 0 atom stereocenters. The number of hydrogen-bond acceptors (Lipinski definition) is 2. The Morgan fingerprint density at radius 2 is 2.00 bits per heavy atom. The van der Waals surface area contributed by atoms with Crippen LogP contribution in [0.4, 0.5) is 5.69 Å². The molecule has 3 heteroatoms. The molecule has 1 aromatic carbocycles. The number of halogens is 1. The fraction of sp³-hybridized carbons (Fsp3) is 0.182. The topological polar surface area (TPSA) is 29.1 Å². The van der Waals surface area contributed by atoms with Gasteiger partial charge in [-0.1, -0.05) is 23.7 Å². The molecule has 1 N–H and O–H groups in total. The fourth-order valence-electron chi connectivity index (χ4n) is 1.12. The number of allylic oxidation sites excluding steroid dienone is 2.